The average molecular weight is 303 g/mol. The van der Waals surface area contributed by atoms with Crippen molar-refractivity contribution in [1.29, 1.82) is 0 Å². The lowest BCUT2D eigenvalue weighted by Gasteiger charge is -2.03. The van der Waals surface area contributed by atoms with E-state index in [0.717, 1.165) is 35.8 Å². The van der Waals surface area contributed by atoms with Crippen LogP contribution in [0.25, 0.3) is 11.3 Å². The first-order valence-electron chi connectivity index (χ1n) is 7.29. The van der Waals surface area contributed by atoms with E-state index in [1.54, 1.807) is 6.20 Å². The van der Waals surface area contributed by atoms with Gasteiger partial charge in [-0.1, -0.05) is 61.9 Å². The summed E-state index contributed by atoms with van der Waals surface area (Å²) in [4.78, 5) is 19.2. The highest BCUT2D eigenvalue weighted by Gasteiger charge is 2.06. The molecule has 1 amide bonds. The van der Waals surface area contributed by atoms with Gasteiger partial charge in [0, 0.05) is 6.54 Å². The van der Waals surface area contributed by atoms with Crippen molar-refractivity contribution >= 4 is 17.7 Å². The molecule has 0 bridgehead atoms. The van der Waals surface area contributed by atoms with Crippen LogP contribution in [0.1, 0.15) is 26.2 Å². The highest BCUT2D eigenvalue weighted by Crippen LogP contribution is 2.20. The highest BCUT2D eigenvalue weighted by atomic mass is 32.2. The van der Waals surface area contributed by atoms with Crippen LogP contribution in [0.5, 0.6) is 0 Å². The molecule has 1 aromatic heterocycles. The van der Waals surface area contributed by atoms with Crippen LogP contribution in [0.4, 0.5) is 0 Å². The van der Waals surface area contributed by atoms with E-state index < -0.39 is 0 Å². The molecular weight excluding hydrogens is 282 g/mol. The molecule has 0 saturated heterocycles. The molecule has 112 valence electrons. The number of H-pyrrole nitrogens is 1. The minimum absolute atomic E-state index is 0.0637. The molecule has 0 saturated carbocycles. The van der Waals surface area contributed by atoms with Crippen LogP contribution < -0.4 is 5.32 Å². The third-order valence-electron chi connectivity index (χ3n) is 3.08. The van der Waals surface area contributed by atoms with Crippen LogP contribution in [0, 0.1) is 0 Å². The van der Waals surface area contributed by atoms with Crippen molar-refractivity contribution in [3.8, 4) is 11.3 Å². The Bertz CT molecular complexity index is 554. The Morgan fingerprint density at radius 2 is 2.10 bits per heavy atom. The lowest BCUT2D eigenvalue weighted by molar-refractivity contribution is -0.118. The number of nitrogens with one attached hydrogen (secondary N) is 2. The summed E-state index contributed by atoms with van der Waals surface area (Å²) in [7, 11) is 0. The third-order valence-corrected chi connectivity index (χ3v) is 3.97. The van der Waals surface area contributed by atoms with Crippen molar-refractivity contribution in [1.82, 2.24) is 15.3 Å². The van der Waals surface area contributed by atoms with Gasteiger partial charge in [0.2, 0.25) is 5.91 Å². The molecule has 21 heavy (non-hydrogen) atoms. The van der Waals surface area contributed by atoms with Gasteiger partial charge in [-0.2, -0.15) is 0 Å². The summed E-state index contributed by atoms with van der Waals surface area (Å²) in [6.45, 7) is 2.92. The van der Waals surface area contributed by atoms with Crippen LogP contribution in [-0.2, 0) is 4.79 Å². The van der Waals surface area contributed by atoms with E-state index in [1.165, 1.54) is 18.2 Å². The number of hydrogen-bond donors (Lipinski definition) is 2. The lowest BCUT2D eigenvalue weighted by Crippen LogP contribution is -2.26. The molecule has 2 aromatic rings. The zero-order valence-corrected chi connectivity index (χ0v) is 13.1. The number of hydrogen-bond acceptors (Lipinski definition) is 3. The van der Waals surface area contributed by atoms with Gasteiger partial charge in [-0.3, -0.25) is 4.79 Å². The van der Waals surface area contributed by atoms with E-state index in [4.69, 9.17) is 0 Å². The SMILES string of the molecule is CCCCCNC(=O)CSc1ncc(-c2ccccc2)[nH]1. The maximum atomic E-state index is 11.7. The molecule has 0 radical (unpaired) electrons. The number of carbonyl (C=O) groups is 1. The molecule has 0 fully saturated rings. The first-order chi connectivity index (χ1) is 10.3. The Kier molecular flexibility index (Phi) is 6.34. The van der Waals surface area contributed by atoms with Crippen LogP contribution >= 0.6 is 11.8 Å². The van der Waals surface area contributed by atoms with Crippen molar-refractivity contribution in [2.24, 2.45) is 0 Å². The quantitative estimate of drug-likeness (QED) is 0.580. The van der Waals surface area contributed by atoms with Gasteiger partial charge < -0.3 is 10.3 Å². The summed E-state index contributed by atoms with van der Waals surface area (Å²) in [6.07, 6.45) is 5.17. The van der Waals surface area contributed by atoms with Crippen molar-refractivity contribution in [2.75, 3.05) is 12.3 Å². The number of unbranched alkanes of at least 4 members (excludes halogenated alkanes) is 2. The lowest BCUT2D eigenvalue weighted by atomic mass is 10.2. The number of amides is 1. The molecule has 4 nitrogen and oxygen atoms in total. The van der Waals surface area contributed by atoms with Crippen molar-refractivity contribution in [3.05, 3.63) is 36.5 Å². The number of thioether (sulfide) groups is 1. The van der Waals surface area contributed by atoms with E-state index in [1.807, 2.05) is 30.3 Å². The van der Waals surface area contributed by atoms with Crippen molar-refractivity contribution in [2.45, 2.75) is 31.3 Å². The molecule has 5 heteroatoms. The normalized spacial score (nSPS) is 10.5. The van der Waals surface area contributed by atoms with E-state index in [9.17, 15) is 4.79 Å². The van der Waals surface area contributed by atoms with Gasteiger partial charge in [0.05, 0.1) is 17.6 Å². The second kappa shape index (κ2) is 8.52. The van der Waals surface area contributed by atoms with Gasteiger partial charge in [0.25, 0.3) is 0 Å². The summed E-state index contributed by atoms with van der Waals surface area (Å²) < 4.78 is 0. The van der Waals surface area contributed by atoms with E-state index >= 15 is 0 Å². The molecule has 0 spiro atoms. The molecule has 1 aromatic carbocycles. The monoisotopic (exact) mass is 303 g/mol. The van der Waals surface area contributed by atoms with Crippen molar-refractivity contribution < 1.29 is 4.79 Å². The minimum Gasteiger partial charge on any atom is -0.355 e. The number of aromatic amines is 1. The number of benzene rings is 1. The number of aromatic nitrogens is 2. The number of imidazole rings is 1. The van der Waals surface area contributed by atoms with Crippen LogP contribution in [0.3, 0.4) is 0 Å². The van der Waals surface area contributed by atoms with Gasteiger partial charge in [-0.25, -0.2) is 4.98 Å². The Balaban J connectivity index is 1.77. The van der Waals surface area contributed by atoms with Crippen molar-refractivity contribution in [3.63, 3.8) is 0 Å². The molecule has 1 heterocycles. The van der Waals surface area contributed by atoms with Crippen LogP contribution in [0.2, 0.25) is 0 Å². The predicted octanol–water partition coefficient (Wildman–Crippen LogP) is 3.48. The maximum Gasteiger partial charge on any atom is 0.230 e. The predicted molar refractivity (Wildman–Crippen MR) is 87.3 cm³/mol. The topological polar surface area (TPSA) is 57.8 Å². The fraction of sp³-hybridized carbons (Fsp3) is 0.375. The molecule has 0 unspecified atom stereocenters. The molecule has 2 rings (SSSR count). The molecule has 0 atom stereocenters. The van der Waals surface area contributed by atoms with Crippen LogP contribution in [0.15, 0.2) is 41.7 Å². The fourth-order valence-corrected chi connectivity index (χ4v) is 2.61. The summed E-state index contributed by atoms with van der Waals surface area (Å²) in [5.74, 6) is 0.460. The number of nitrogens with zero attached hydrogens (tertiary/aromatic N) is 1. The largest absolute Gasteiger partial charge is 0.355 e. The Labute approximate surface area is 129 Å². The zero-order chi connectivity index (χ0) is 14.9. The third kappa shape index (κ3) is 5.27. The first kappa shape index (κ1) is 15.6. The second-order valence-corrected chi connectivity index (χ2v) is 5.78. The number of rotatable bonds is 8. The van der Waals surface area contributed by atoms with Gasteiger partial charge >= 0.3 is 0 Å². The summed E-state index contributed by atoms with van der Waals surface area (Å²) in [5, 5.41) is 3.70. The Morgan fingerprint density at radius 3 is 2.86 bits per heavy atom. The fourth-order valence-electron chi connectivity index (χ4n) is 1.93. The zero-order valence-electron chi connectivity index (χ0n) is 12.3. The van der Waals surface area contributed by atoms with Gasteiger partial charge in [-0.05, 0) is 12.0 Å². The van der Waals surface area contributed by atoms with Gasteiger partial charge in [0.15, 0.2) is 5.16 Å². The Hall–Kier alpha value is -1.75. The maximum absolute atomic E-state index is 11.7. The van der Waals surface area contributed by atoms with E-state index in [-0.39, 0.29) is 5.91 Å². The Morgan fingerprint density at radius 1 is 1.29 bits per heavy atom. The molecule has 0 aliphatic rings. The van der Waals surface area contributed by atoms with Gasteiger partial charge in [-0.15, -0.1) is 0 Å². The second-order valence-electron chi connectivity index (χ2n) is 4.81. The smallest absolute Gasteiger partial charge is 0.230 e. The molecule has 0 aliphatic heterocycles. The average Bonchev–Trinajstić information content (AvgIpc) is 2.99. The number of carbonyl (C=O) groups excluding carboxylic acids is 1. The summed E-state index contributed by atoms with van der Waals surface area (Å²) in [6, 6.07) is 10.0. The summed E-state index contributed by atoms with van der Waals surface area (Å²) >= 11 is 1.43. The van der Waals surface area contributed by atoms with Gasteiger partial charge in [0.1, 0.15) is 0 Å². The van der Waals surface area contributed by atoms with E-state index in [0.29, 0.717) is 5.75 Å². The standard InChI is InChI=1S/C16H21N3OS/c1-2-3-7-10-17-15(20)12-21-16-18-11-14(19-16)13-8-5-4-6-9-13/h4-6,8-9,11H,2-3,7,10,12H2,1H3,(H,17,20)(H,18,19). The molecule has 0 aliphatic carbocycles. The minimum atomic E-state index is 0.0637. The van der Waals surface area contributed by atoms with E-state index in [2.05, 4.69) is 22.2 Å². The first-order valence-corrected chi connectivity index (χ1v) is 8.28. The molecular formula is C16H21N3OS. The molecule has 2 N–H and O–H groups in total. The summed E-state index contributed by atoms with van der Waals surface area (Å²) in [5.41, 5.74) is 2.07. The van der Waals surface area contributed by atoms with Crippen LogP contribution in [-0.4, -0.2) is 28.2 Å². The highest BCUT2D eigenvalue weighted by molar-refractivity contribution is 7.99.